The summed E-state index contributed by atoms with van der Waals surface area (Å²) in [6.07, 6.45) is 5.06. The molecular formula is C10H14N6. The van der Waals surface area contributed by atoms with Crippen molar-refractivity contribution in [3.8, 4) is 0 Å². The summed E-state index contributed by atoms with van der Waals surface area (Å²) in [6, 6.07) is 0. The maximum atomic E-state index is 4.20. The second-order valence-corrected chi connectivity index (χ2v) is 3.38. The van der Waals surface area contributed by atoms with Crippen LogP contribution in [-0.2, 0) is 13.1 Å². The smallest absolute Gasteiger partial charge is 0.152 e. The number of hydrogen-bond acceptors (Lipinski definition) is 5. The molecule has 0 atom stereocenters. The number of aromatic nitrogens is 5. The largest absolute Gasteiger partial charge is 0.361 e. The molecule has 0 saturated heterocycles. The highest BCUT2D eigenvalue weighted by molar-refractivity contribution is 5.38. The Morgan fingerprint density at radius 3 is 2.88 bits per heavy atom. The summed E-state index contributed by atoms with van der Waals surface area (Å²) in [5.74, 6) is 1.68. The second kappa shape index (κ2) is 4.69. The maximum Gasteiger partial charge on any atom is 0.152 e. The first-order valence-electron chi connectivity index (χ1n) is 5.19. The van der Waals surface area contributed by atoms with Gasteiger partial charge in [-0.1, -0.05) is 0 Å². The Bertz CT molecular complexity index is 464. The van der Waals surface area contributed by atoms with E-state index in [0.29, 0.717) is 6.54 Å². The van der Waals surface area contributed by atoms with Crippen LogP contribution in [0, 0.1) is 6.92 Å². The van der Waals surface area contributed by atoms with Gasteiger partial charge in [0.1, 0.15) is 12.1 Å². The van der Waals surface area contributed by atoms with E-state index < -0.39 is 0 Å². The van der Waals surface area contributed by atoms with Crippen LogP contribution in [0.3, 0.4) is 0 Å². The molecule has 2 aromatic rings. The monoisotopic (exact) mass is 218 g/mol. The average molecular weight is 218 g/mol. The number of nitrogens with one attached hydrogen (secondary N) is 1. The van der Waals surface area contributed by atoms with Gasteiger partial charge >= 0.3 is 0 Å². The van der Waals surface area contributed by atoms with Gasteiger partial charge in [0.05, 0.1) is 12.2 Å². The van der Waals surface area contributed by atoms with Gasteiger partial charge in [0.25, 0.3) is 0 Å². The van der Waals surface area contributed by atoms with Crippen LogP contribution < -0.4 is 5.32 Å². The lowest BCUT2D eigenvalue weighted by Crippen LogP contribution is -2.09. The highest BCUT2D eigenvalue weighted by atomic mass is 15.3. The van der Waals surface area contributed by atoms with Gasteiger partial charge in [-0.3, -0.25) is 4.98 Å². The molecule has 0 bridgehead atoms. The first-order chi connectivity index (χ1) is 7.81. The summed E-state index contributed by atoms with van der Waals surface area (Å²) in [4.78, 5) is 8.36. The Balaban J connectivity index is 2.05. The third kappa shape index (κ3) is 2.16. The van der Waals surface area contributed by atoms with Crippen LogP contribution in [0.15, 0.2) is 18.7 Å². The van der Waals surface area contributed by atoms with E-state index in [1.165, 1.54) is 0 Å². The third-order valence-electron chi connectivity index (χ3n) is 2.33. The molecule has 2 aromatic heterocycles. The fourth-order valence-electron chi connectivity index (χ4n) is 1.42. The molecule has 0 aliphatic heterocycles. The minimum atomic E-state index is 0.605. The van der Waals surface area contributed by atoms with Crippen molar-refractivity contribution in [3.05, 3.63) is 30.2 Å². The zero-order chi connectivity index (χ0) is 11.4. The van der Waals surface area contributed by atoms with E-state index in [9.17, 15) is 0 Å². The Morgan fingerprint density at radius 2 is 2.12 bits per heavy atom. The molecule has 6 heteroatoms. The molecule has 1 N–H and O–H groups in total. The summed E-state index contributed by atoms with van der Waals surface area (Å²) in [5.41, 5.74) is 0.880. The molecule has 2 rings (SSSR count). The summed E-state index contributed by atoms with van der Waals surface area (Å²) >= 11 is 0. The molecule has 0 fully saturated rings. The number of aryl methyl sites for hydroxylation is 2. The molecule has 0 aliphatic rings. The average Bonchev–Trinajstić information content (AvgIpc) is 2.75. The molecular weight excluding hydrogens is 204 g/mol. The highest BCUT2D eigenvalue weighted by Gasteiger charge is 2.04. The third-order valence-corrected chi connectivity index (χ3v) is 2.33. The minimum Gasteiger partial charge on any atom is -0.361 e. The highest BCUT2D eigenvalue weighted by Crippen LogP contribution is 2.07. The topological polar surface area (TPSA) is 68.5 Å². The van der Waals surface area contributed by atoms with Crippen LogP contribution in [0.2, 0.25) is 0 Å². The Morgan fingerprint density at radius 1 is 1.31 bits per heavy atom. The van der Waals surface area contributed by atoms with Crippen molar-refractivity contribution in [2.75, 3.05) is 5.32 Å². The van der Waals surface area contributed by atoms with Crippen LogP contribution in [-0.4, -0.2) is 24.7 Å². The predicted molar refractivity (Wildman–Crippen MR) is 59.8 cm³/mol. The van der Waals surface area contributed by atoms with Gasteiger partial charge in [-0.25, -0.2) is 4.98 Å². The zero-order valence-corrected chi connectivity index (χ0v) is 9.38. The van der Waals surface area contributed by atoms with Gasteiger partial charge in [-0.2, -0.15) is 0 Å². The lowest BCUT2D eigenvalue weighted by atomic mass is 10.4. The molecule has 0 saturated carbocycles. The molecule has 0 aliphatic carbocycles. The summed E-state index contributed by atoms with van der Waals surface area (Å²) in [6.45, 7) is 5.44. The SMILES string of the molecule is CCn1cnnc1CNc1nccnc1C. The molecule has 0 amide bonds. The number of nitrogens with zero attached hydrogens (tertiary/aromatic N) is 5. The van der Waals surface area contributed by atoms with Gasteiger partial charge in [-0.05, 0) is 13.8 Å². The van der Waals surface area contributed by atoms with Gasteiger partial charge in [0.15, 0.2) is 5.82 Å². The van der Waals surface area contributed by atoms with Crippen LogP contribution in [0.1, 0.15) is 18.4 Å². The first kappa shape index (κ1) is 10.5. The molecule has 6 nitrogen and oxygen atoms in total. The van der Waals surface area contributed by atoms with E-state index >= 15 is 0 Å². The van der Waals surface area contributed by atoms with E-state index in [1.807, 2.05) is 11.5 Å². The number of anilines is 1. The van der Waals surface area contributed by atoms with E-state index in [1.54, 1.807) is 18.7 Å². The summed E-state index contributed by atoms with van der Waals surface area (Å²) in [5, 5.41) is 11.1. The standard InChI is InChI=1S/C10H14N6/c1-3-16-7-14-15-9(16)6-13-10-8(2)11-4-5-12-10/h4-5,7H,3,6H2,1-2H3,(H,12,13). The van der Waals surface area contributed by atoms with E-state index in [2.05, 4.69) is 32.4 Å². The normalized spacial score (nSPS) is 10.4. The van der Waals surface area contributed by atoms with Gasteiger partial charge < -0.3 is 9.88 Å². The van der Waals surface area contributed by atoms with Crippen molar-refractivity contribution in [1.82, 2.24) is 24.7 Å². The van der Waals surface area contributed by atoms with Crippen molar-refractivity contribution in [1.29, 1.82) is 0 Å². The van der Waals surface area contributed by atoms with Crippen LogP contribution >= 0.6 is 0 Å². The van der Waals surface area contributed by atoms with Crippen LogP contribution in [0.25, 0.3) is 0 Å². The molecule has 84 valence electrons. The molecule has 0 aromatic carbocycles. The van der Waals surface area contributed by atoms with Crippen LogP contribution in [0.4, 0.5) is 5.82 Å². The van der Waals surface area contributed by atoms with E-state index in [0.717, 1.165) is 23.9 Å². The fourth-order valence-corrected chi connectivity index (χ4v) is 1.42. The molecule has 0 unspecified atom stereocenters. The Labute approximate surface area is 93.8 Å². The predicted octanol–water partition coefficient (Wildman–Crippen LogP) is 1.01. The quantitative estimate of drug-likeness (QED) is 0.829. The van der Waals surface area contributed by atoms with E-state index in [-0.39, 0.29) is 0 Å². The van der Waals surface area contributed by atoms with Crippen molar-refractivity contribution in [2.24, 2.45) is 0 Å². The minimum absolute atomic E-state index is 0.605. The molecule has 2 heterocycles. The molecule has 0 radical (unpaired) electrons. The van der Waals surface area contributed by atoms with Crippen molar-refractivity contribution in [2.45, 2.75) is 26.9 Å². The van der Waals surface area contributed by atoms with Crippen molar-refractivity contribution in [3.63, 3.8) is 0 Å². The summed E-state index contributed by atoms with van der Waals surface area (Å²) < 4.78 is 1.98. The van der Waals surface area contributed by atoms with Gasteiger partial charge in [0, 0.05) is 18.9 Å². The second-order valence-electron chi connectivity index (χ2n) is 3.38. The van der Waals surface area contributed by atoms with E-state index in [4.69, 9.17) is 0 Å². The summed E-state index contributed by atoms with van der Waals surface area (Å²) in [7, 11) is 0. The Kier molecular flexibility index (Phi) is 3.09. The number of hydrogen-bond donors (Lipinski definition) is 1. The number of rotatable bonds is 4. The molecule has 16 heavy (non-hydrogen) atoms. The lowest BCUT2D eigenvalue weighted by molar-refractivity contribution is 0.707. The first-order valence-corrected chi connectivity index (χ1v) is 5.19. The molecule has 0 spiro atoms. The van der Waals surface area contributed by atoms with Crippen molar-refractivity contribution < 1.29 is 0 Å². The van der Waals surface area contributed by atoms with Crippen molar-refractivity contribution >= 4 is 5.82 Å². The van der Waals surface area contributed by atoms with Gasteiger partial charge in [0.2, 0.25) is 0 Å². The van der Waals surface area contributed by atoms with Gasteiger partial charge in [-0.15, -0.1) is 10.2 Å². The maximum absolute atomic E-state index is 4.20. The zero-order valence-electron chi connectivity index (χ0n) is 9.38. The lowest BCUT2D eigenvalue weighted by Gasteiger charge is -2.07. The Hall–Kier alpha value is -1.98. The van der Waals surface area contributed by atoms with Crippen LogP contribution in [0.5, 0.6) is 0 Å². The fraction of sp³-hybridized carbons (Fsp3) is 0.400.